The van der Waals surface area contributed by atoms with Crippen molar-refractivity contribution in [2.75, 3.05) is 24.2 Å². The molecule has 5 rings (SSSR count). The summed E-state index contributed by atoms with van der Waals surface area (Å²) in [5.41, 5.74) is 3.18. The number of aryl methyl sites for hydroxylation is 1. The molecule has 1 aliphatic heterocycles. The smallest absolute Gasteiger partial charge is 0.225 e. The van der Waals surface area contributed by atoms with Crippen LogP contribution in [0, 0.1) is 17.8 Å². The Hall–Kier alpha value is -2.93. The van der Waals surface area contributed by atoms with E-state index in [-0.39, 0.29) is 6.10 Å². The van der Waals surface area contributed by atoms with Crippen LogP contribution in [-0.4, -0.2) is 43.8 Å². The molecule has 6 nitrogen and oxygen atoms in total. The number of anilines is 1. The van der Waals surface area contributed by atoms with Crippen LogP contribution < -0.4 is 9.64 Å². The molecule has 33 heavy (non-hydrogen) atoms. The van der Waals surface area contributed by atoms with Crippen LogP contribution in [0.1, 0.15) is 19.4 Å². The fourth-order valence-electron chi connectivity index (χ4n) is 5.04. The lowest BCUT2D eigenvalue weighted by atomic mass is 10.1. The van der Waals surface area contributed by atoms with Crippen LogP contribution >= 0.6 is 0 Å². The van der Waals surface area contributed by atoms with Gasteiger partial charge in [0.2, 0.25) is 5.95 Å². The first kappa shape index (κ1) is 21.9. The lowest BCUT2D eigenvalue weighted by Gasteiger charge is -2.22. The van der Waals surface area contributed by atoms with Gasteiger partial charge < -0.3 is 9.64 Å². The maximum atomic E-state index is 11.6. The molecular formula is C26H29N3O3S. The monoisotopic (exact) mass is 463 g/mol. The second kappa shape index (κ2) is 8.45. The van der Waals surface area contributed by atoms with Gasteiger partial charge in [0.25, 0.3) is 0 Å². The van der Waals surface area contributed by atoms with Gasteiger partial charge in [-0.1, -0.05) is 31.2 Å². The zero-order valence-electron chi connectivity index (χ0n) is 19.2. The molecule has 4 atom stereocenters. The van der Waals surface area contributed by atoms with Gasteiger partial charge in [-0.2, -0.15) is 0 Å². The highest BCUT2D eigenvalue weighted by Gasteiger charge is 2.59. The van der Waals surface area contributed by atoms with Crippen LogP contribution in [0.4, 0.5) is 5.95 Å². The molecule has 2 fully saturated rings. The standard InChI is InChI=1S/C26H29N3O3S/c1-4-18-13-27-26(28-14-18)29-15-23-24(16-29)25(23)17(2)32-21-9-5-19(6-10-21)20-7-11-22(12-8-20)33(3,30)31/h5-14,17,23-25H,4,15-16H2,1-3H3/t17-,23+,24?,25?/m1/s1. The Morgan fingerprint density at radius 3 is 2.03 bits per heavy atom. The highest BCUT2D eigenvalue weighted by molar-refractivity contribution is 7.90. The number of sulfone groups is 1. The summed E-state index contributed by atoms with van der Waals surface area (Å²) in [5.74, 6) is 3.55. The molecule has 0 amide bonds. The average molecular weight is 464 g/mol. The lowest BCUT2D eigenvalue weighted by Crippen LogP contribution is -2.29. The third kappa shape index (κ3) is 4.47. The van der Waals surface area contributed by atoms with Gasteiger partial charge in [0.15, 0.2) is 9.84 Å². The molecule has 1 saturated heterocycles. The Bertz CT molecular complexity index is 1210. The van der Waals surface area contributed by atoms with E-state index in [2.05, 4.69) is 28.7 Å². The number of piperidine rings is 1. The van der Waals surface area contributed by atoms with Gasteiger partial charge in [-0.25, -0.2) is 18.4 Å². The van der Waals surface area contributed by atoms with E-state index in [1.165, 1.54) is 11.8 Å². The number of benzene rings is 2. The molecule has 0 spiro atoms. The summed E-state index contributed by atoms with van der Waals surface area (Å²) < 4.78 is 29.6. The number of fused-ring (bicyclic) bond motifs is 1. The van der Waals surface area contributed by atoms with Crippen LogP contribution in [-0.2, 0) is 16.3 Å². The molecule has 2 aromatic carbocycles. The third-order valence-electron chi connectivity index (χ3n) is 6.98. The molecule has 3 aromatic rings. The van der Waals surface area contributed by atoms with E-state index in [0.29, 0.717) is 22.6 Å². The summed E-state index contributed by atoms with van der Waals surface area (Å²) in [4.78, 5) is 11.7. The normalized spacial score (nSPS) is 22.6. The molecule has 0 radical (unpaired) electrons. The Morgan fingerprint density at radius 2 is 1.52 bits per heavy atom. The molecule has 2 unspecified atom stereocenters. The molecule has 1 aromatic heterocycles. The zero-order valence-corrected chi connectivity index (χ0v) is 20.0. The molecule has 0 bridgehead atoms. The van der Waals surface area contributed by atoms with Gasteiger partial charge >= 0.3 is 0 Å². The van der Waals surface area contributed by atoms with Crippen LogP contribution in [0.25, 0.3) is 11.1 Å². The quantitative estimate of drug-likeness (QED) is 0.521. The minimum Gasteiger partial charge on any atom is -0.490 e. The maximum absolute atomic E-state index is 11.6. The predicted octanol–water partition coefficient (Wildman–Crippen LogP) is 4.26. The zero-order chi connectivity index (χ0) is 23.2. The van der Waals surface area contributed by atoms with Gasteiger partial charge in [-0.15, -0.1) is 0 Å². The van der Waals surface area contributed by atoms with E-state index in [1.807, 2.05) is 48.8 Å². The minimum absolute atomic E-state index is 0.158. The highest BCUT2D eigenvalue weighted by atomic mass is 32.2. The largest absolute Gasteiger partial charge is 0.490 e. The molecule has 7 heteroatoms. The Labute approximate surface area is 195 Å². The minimum atomic E-state index is -3.18. The molecule has 1 aliphatic carbocycles. The lowest BCUT2D eigenvalue weighted by molar-refractivity contribution is 0.183. The fraction of sp³-hybridized carbons (Fsp3) is 0.385. The van der Waals surface area contributed by atoms with Crippen molar-refractivity contribution >= 4 is 15.8 Å². The van der Waals surface area contributed by atoms with E-state index in [4.69, 9.17) is 4.74 Å². The molecular weight excluding hydrogens is 434 g/mol. The summed E-state index contributed by atoms with van der Waals surface area (Å²) >= 11 is 0. The molecule has 172 valence electrons. The third-order valence-corrected chi connectivity index (χ3v) is 8.11. The topological polar surface area (TPSA) is 72.4 Å². The number of ether oxygens (including phenoxy) is 1. The molecule has 1 saturated carbocycles. The van der Waals surface area contributed by atoms with Crippen molar-refractivity contribution in [2.24, 2.45) is 17.8 Å². The summed E-state index contributed by atoms with van der Waals surface area (Å²) in [7, 11) is -3.18. The van der Waals surface area contributed by atoms with Crippen molar-refractivity contribution in [1.29, 1.82) is 0 Å². The highest BCUT2D eigenvalue weighted by Crippen LogP contribution is 2.54. The van der Waals surface area contributed by atoms with Gasteiger partial charge in [-0.05, 0) is 66.1 Å². The van der Waals surface area contributed by atoms with Crippen LogP contribution in [0.3, 0.4) is 0 Å². The van der Waals surface area contributed by atoms with E-state index in [1.54, 1.807) is 12.1 Å². The van der Waals surface area contributed by atoms with E-state index < -0.39 is 9.84 Å². The first-order chi connectivity index (χ1) is 15.8. The van der Waals surface area contributed by atoms with Crippen LogP contribution in [0.5, 0.6) is 5.75 Å². The fourth-order valence-corrected chi connectivity index (χ4v) is 5.67. The second-order valence-corrected chi connectivity index (χ2v) is 11.2. The van der Waals surface area contributed by atoms with E-state index in [0.717, 1.165) is 42.3 Å². The van der Waals surface area contributed by atoms with Crippen molar-refractivity contribution in [3.8, 4) is 16.9 Å². The van der Waals surface area contributed by atoms with Gasteiger partial charge in [0, 0.05) is 37.7 Å². The van der Waals surface area contributed by atoms with Crippen molar-refractivity contribution in [2.45, 2.75) is 31.3 Å². The molecule has 0 N–H and O–H groups in total. The second-order valence-electron chi connectivity index (χ2n) is 9.20. The number of hydrogen-bond acceptors (Lipinski definition) is 6. The number of rotatable bonds is 7. The number of aromatic nitrogens is 2. The van der Waals surface area contributed by atoms with Crippen molar-refractivity contribution < 1.29 is 13.2 Å². The Kier molecular flexibility index (Phi) is 5.60. The molecule has 2 heterocycles. The number of hydrogen-bond donors (Lipinski definition) is 0. The Morgan fingerprint density at radius 1 is 0.970 bits per heavy atom. The number of nitrogens with zero attached hydrogens (tertiary/aromatic N) is 3. The van der Waals surface area contributed by atoms with Gasteiger partial charge in [0.1, 0.15) is 5.75 Å². The van der Waals surface area contributed by atoms with Crippen molar-refractivity contribution in [1.82, 2.24) is 9.97 Å². The SMILES string of the molecule is CCc1cnc(N2CC3C([C@@H](C)Oc4ccc(-c5ccc(S(C)(=O)=O)cc5)cc4)[C@H]3C2)nc1. The van der Waals surface area contributed by atoms with E-state index >= 15 is 0 Å². The summed E-state index contributed by atoms with van der Waals surface area (Å²) in [6.07, 6.45) is 6.20. The predicted molar refractivity (Wildman–Crippen MR) is 129 cm³/mol. The first-order valence-corrected chi connectivity index (χ1v) is 13.4. The van der Waals surface area contributed by atoms with Crippen molar-refractivity contribution in [3.05, 3.63) is 66.5 Å². The summed E-state index contributed by atoms with van der Waals surface area (Å²) in [5, 5.41) is 0. The van der Waals surface area contributed by atoms with Gasteiger partial charge in [-0.3, -0.25) is 0 Å². The average Bonchev–Trinajstić information content (AvgIpc) is 3.33. The first-order valence-electron chi connectivity index (χ1n) is 11.5. The molecule has 2 aliphatic rings. The van der Waals surface area contributed by atoms with Crippen LogP contribution in [0.15, 0.2) is 65.8 Å². The maximum Gasteiger partial charge on any atom is 0.225 e. The summed E-state index contributed by atoms with van der Waals surface area (Å²) in [6.45, 7) is 6.27. The van der Waals surface area contributed by atoms with Gasteiger partial charge in [0.05, 0.1) is 11.0 Å². The van der Waals surface area contributed by atoms with E-state index in [9.17, 15) is 8.42 Å². The summed E-state index contributed by atoms with van der Waals surface area (Å²) in [6, 6.07) is 15.0. The van der Waals surface area contributed by atoms with Crippen LogP contribution in [0.2, 0.25) is 0 Å². The Balaban J connectivity index is 1.17. The van der Waals surface area contributed by atoms with Crippen molar-refractivity contribution in [3.63, 3.8) is 0 Å².